The number of aliphatic imine (C=N–C) groups is 1. The van der Waals surface area contributed by atoms with Gasteiger partial charge in [0, 0.05) is 31.5 Å². The van der Waals surface area contributed by atoms with Gasteiger partial charge in [0.05, 0.1) is 19.3 Å². The maximum atomic E-state index is 11.2. The lowest BCUT2D eigenvalue weighted by molar-refractivity contribution is -0.114. The third kappa shape index (κ3) is 4.56. The summed E-state index contributed by atoms with van der Waals surface area (Å²) in [5, 5.41) is 2.76. The minimum absolute atomic E-state index is 0.135. The predicted octanol–water partition coefficient (Wildman–Crippen LogP) is 1.52. The molecule has 6 nitrogen and oxygen atoms in total. The van der Waals surface area contributed by atoms with Gasteiger partial charge in [0.15, 0.2) is 5.96 Å². The Bertz CT molecular complexity index is 556. The van der Waals surface area contributed by atoms with Gasteiger partial charge in [-0.3, -0.25) is 4.79 Å². The second kappa shape index (κ2) is 7.93. The molecule has 120 valence electrons. The van der Waals surface area contributed by atoms with Gasteiger partial charge < -0.3 is 20.7 Å². The Hall–Kier alpha value is -1.89. The van der Waals surface area contributed by atoms with Crippen molar-refractivity contribution in [2.75, 3.05) is 37.0 Å². The van der Waals surface area contributed by atoms with Crippen LogP contribution in [0.4, 0.5) is 5.69 Å². The molecular formula is C15H22N4O2S. The number of carbonyl (C=O) groups is 1. The van der Waals surface area contributed by atoms with Crippen LogP contribution in [0.15, 0.2) is 23.2 Å². The molecule has 1 aromatic rings. The number of benzene rings is 1. The van der Waals surface area contributed by atoms with E-state index >= 15 is 0 Å². The van der Waals surface area contributed by atoms with Crippen molar-refractivity contribution in [3.05, 3.63) is 23.8 Å². The monoisotopic (exact) mass is 322 g/mol. The molecule has 0 radical (unpaired) electrons. The average molecular weight is 322 g/mol. The maximum absolute atomic E-state index is 11.2. The van der Waals surface area contributed by atoms with E-state index in [2.05, 4.69) is 15.2 Å². The quantitative estimate of drug-likeness (QED) is 0.649. The molecule has 1 fully saturated rings. The van der Waals surface area contributed by atoms with E-state index in [4.69, 9.17) is 10.5 Å². The Kier molecular flexibility index (Phi) is 5.94. The third-order valence-corrected chi connectivity index (χ3v) is 4.28. The fraction of sp³-hybridized carbons (Fsp3) is 0.467. The Morgan fingerprint density at radius 2 is 2.18 bits per heavy atom. The van der Waals surface area contributed by atoms with Crippen LogP contribution in [0.1, 0.15) is 12.5 Å². The highest BCUT2D eigenvalue weighted by Gasteiger charge is 2.12. The molecule has 1 heterocycles. The van der Waals surface area contributed by atoms with Gasteiger partial charge in [0.1, 0.15) is 5.75 Å². The molecule has 0 atom stereocenters. The summed E-state index contributed by atoms with van der Waals surface area (Å²) in [4.78, 5) is 17.8. The molecule has 3 N–H and O–H groups in total. The van der Waals surface area contributed by atoms with Crippen LogP contribution in [0.5, 0.6) is 5.75 Å². The summed E-state index contributed by atoms with van der Waals surface area (Å²) in [7, 11) is 1.57. The molecule has 1 aliphatic rings. The van der Waals surface area contributed by atoms with Gasteiger partial charge in [-0.05, 0) is 17.7 Å². The SMILES string of the molecule is COc1ccc(CN=C(N)N2CCSCC2)cc1NC(C)=O. The number of ether oxygens (including phenoxy) is 1. The maximum Gasteiger partial charge on any atom is 0.221 e. The average Bonchev–Trinajstić information content (AvgIpc) is 2.53. The normalized spacial score (nSPS) is 15.5. The molecule has 1 amide bonds. The van der Waals surface area contributed by atoms with Crippen LogP contribution in [0, 0.1) is 0 Å². The molecule has 1 aromatic carbocycles. The lowest BCUT2D eigenvalue weighted by atomic mass is 10.2. The largest absolute Gasteiger partial charge is 0.495 e. The smallest absolute Gasteiger partial charge is 0.221 e. The highest BCUT2D eigenvalue weighted by molar-refractivity contribution is 7.99. The molecule has 0 aromatic heterocycles. The van der Waals surface area contributed by atoms with Gasteiger partial charge >= 0.3 is 0 Å². The molecule has 22 heavy (non-hydrogen) atoms. The van der Waals surface area contributed by atoms with E-state index in [9.17, 15) is 4.79 Å². The van der Waals surface area contributed by atoms with E-state index in [1.165, 1.54) is 6.92 Å². The summed E-state index contributed by atoms with van der Waals surface area (Å²) in [5.41, 5.74) is 7.66. The van der Waals surface area contributed by atoms with Crippen LogP contribution < -0.4 is 15.8 Å². The fourth-order valence-electron chi connectivity index (χ4n) is 2.21. The van der Waals surface area contributed by atoms with Crippen molar-refractivity contribution in [1.29, 1.82) is 0 Å². The molecule has 0 unspecified atom stereocenters. The van der Waals surface area contributed by atoms with Crippen LogP contribution >= 0.6 is 11.8 Å². The summed E-state index contributed by atoms with van der Waals surface area (Å²) >= 11 is 1.94. The second-order valence-electron chi connectivity index (χ2n) is 4.99. The highest BCUT2D eigenvalue weighted by Crippen LogP contribution is 2.25. The van der Waals surface area contributed by atoms with Crippen LogP contribution in [0.2, 0.25) is 0 Å². The molecule has 0 spiro atoms. The number of rotatable bonds is 4. The van der Waals surface area contributed by atoms with Crippen LogP contribution in [-0.4, -0.2) is 48.5 Å². The Labute approximate surface area is 135 Å². The molecule has 1 aliphatic heterocycles. The summed E-state index contributed by atoms with van der Waals surface area (Å²) in [6.45, 7) is 3.84. The molecule has 2 rings (SSSR count). The van der Waals surface area contributed by atoms with E-state index in [1.54, 1.807) is 7.11 Å². The minimum atomic E-state index is -0.135. The van der Waals surface area contributed by atoms with Crippen molar-refractivity contribution in [2.45, 2.75) is 13.5 Å². The number of amides is 1. The Morgan fingerprint density at radius 3 is 2.82 bits per heavy atom. The van der Waals surface area contributed by atoms with Crippen molar-refractivity contribution in [3.63, 3.8) is 0 Å². The van der Waals surface area contributed by atoms with E-state index in [1.807, 2.05) is 30.0 Å². The van der Waals surface area contributed by atoms with Gasteiger partial charge in [-0.25, -0.2) is 4.99 Å². The number of guanidine groups is 1. The first-order valence-corrected chi connectivity index (χ1v) is 8.32. The number of anilines is 1. The van der Waals surface area contributed by atoms with E-state index < -0.39 is 0 Å². The molecule has 0 bridgehead atoms. The molecular weight excluding hydrogens is 300 g/mol. The summed E-state index contributed by atoms with van der Waals surface area (Å²) in [6.07, 6.45) is 0. The number of hydrogen-bond donors (Lipinski definition) is 2. The second-order valence-corrected chi connectivity index (χ2v) is 6.21. The first kappa shape index (κ1) is 16.5. The predicted molar refractivity (Wildman–Crippen MR) is 91.5 cm³/mol. The van der Waals surface area contributed by atoms with Gasteiger partial charge in [-0.1, -0.05) is 6.07 Å². The highest BCUT2D eigenvalue weighted by atomic mass is 32.2. The Morgan fingerprint density at radius 1 is 1.45 bits per heavy atom. The van der Waals surface area contributed by atoms with Crippen molar-refractivity contribution < 1.29 is 9.53 Å². The van der Waals surface area contributed by atoms with E-state index in [0.717, 1.165) is 30.2 Å². The van der Waals surface area contributed by atoms with Gasteiger partial charge in [-0.15, -0.1) is 0 Å². The van der Waals surface area contributed by atoms with Gasteiger partial charge in [-0.2, -0.15) is 11.8 Å². The lowest BCUT2D eigenvalue weighted by Gasteiger charge is -2.27. The first-order valence-electron chi connectivity index (χ1n) is 7.17. The number of hydrogen-bond acceptors (Lipinski definition) is 4. The number of nitrogens with two attached hydrogens (primary N) is 1. The third-order valence-electron chi connectivity index (χ3n) is 3.33. The van der Waals surface area contributed by atoms with Crippen molar-refractivity contribution >= 4 is 29.3 Å². The summed E-state index contributed by atoms with van der Waals surface area (Å²) in [6, 6.07) is 5.61. The minimum Gasteiger partial charge on any atom is -0.495 e. The number of nitrogens with zero attached hydrogens (tertiary/aromatic N) is 2. The van der Waals surface area contributed by atoms with Gasteiger partial charge in [0.25, 0.3) is 0 Å². The summed E-state index contributed by atoms with van der Waals surface area (Å²) in [5.74, 6) is 3.25. The number of thioether (sulfide) groups is 1. The van der Waals surface area contributed by atoms with Crippen molar-refractivity contribution in [1.82, 2.24) is 4.90 Å². The fourth-order valence-corrected chi connectivity index (χ4v) is 3.11. The molecule has 0 aliphatic carbocycles. The lowest BCUT2D eigenvalue weighted by Crippen LogP contribution is -2.42. The molecule has 1 saturated heterocycles. The summed E-state index contributed by atoms with van der Waals surface area (Å²) < 4.78 is 5.24. The van der Waals surface area contributed by atoms with E-state index in [0.29, 0.717) is 23.9 Å². The zero-order chi connectivity index (χ0) is 15.9. The van der Waals surface area contributed by atoms with Crippen molar-refractivity contribution in [2.24, 2.45) is 10.7 Å². The van der Waals surface area contributed by atoms with Crippen LogP contribution in [0.25, 0.3) is 0 Å². The first-order chi connectivity index (χ1) is 10.6. The zero-order valence-electron chi connectivity index (χ0n) is 13.0. The topological polar surface area (TPSA) is 80.0 Å². The standard InChI is InChI=1S/C15H22N4O2S/c1-11(20)18-13-9-12(3-4-14(13)21-2)10-17-15(16)19-5-7-22-8-6-19/h3-4,9H,5-8,10H2,1-2H3,(H2,16,17)(H,18,20). The van der Waals surface area contributed by atoms with Crippen LogP contribution in [0.3, 0.4) is 0 Å². The molecule has 0 saturated carbocycles. The number of carbonyl (C=O) groups excluding carboxylic acids is 1. The number of methoxy groups -OCH3 is 1. The number of nitrogens with one attached hydrogen (secondary N) is 1. The zero-order valence-corrected chi connectivity index (χ0v) is 13.8. The van der Waals surface area contributed by atoms with Crippen LogP contribution in [-0.2, 0) is 11.3 Å². The van der Waals surface area contributed by atoms with E-state index in [-0.39, 0.29) is 5.91 Å². The molecule has 7 heteroatoms. The Balaban J connectivity index is 2.06. The van der Waals surface area contributed by atoms with Gasteiger partial charge in [0.2, 0.25) is 5.91 Å². The van der Waals surface area contributed by atoms with Crippen molar-refractivity contribution in [3.8, 4) is 5.75 Å².